The fourth-order valence-electron chi connectivity index (χ4n) is 3.42. The third-order valence-corrected chi connectivity index (χ3v) is 6.47. The molecular weight excluding hydrogens is 451 g/mol. The monoisotopic (exact) mass is 473 g/mol. The molecule has 3 aromatic rings. The lowest BCUT2D eigenvalue weighted by molar-refractivity contribution is -0.123. The van der Waals surface area contributed by atoms with Crippen LogP contribution in [-0.4, -0.2) is 40.5 Å². The van der Waals surface area contributed by atoms with Crippen molar-refractivity contribution >= 4 is 23.2 Å². The molecule has 1 aliphatic carbocycles. The Bertz CT molecular complexity index is 1140. The number of aromatic nitrogens is 1. The van der Waals surface area contributed by atoms with Crippen molar-refractivity contribution in [2.75, 3.05) is 6.54 Å². The Hall–Kier alpha value is -3.20. The first-order chi connectivity index (χ1) is 15.7. The van der Waals surface area contributed by atoms with Gasteiger partial charge in [-0.25, -0.2) is 4.98 Å². The minimum Gasteiger partial charge on any atom is -0.343 e. The molecule has 0 radical (unpaired) electrons. The van der Waals surface area contributed by atoms with Gasteiger partial charge in [0.25, 0.3) is 11.8 Å². The second-order valence-electron chi connectivity index (χ2n) is 7.96. The van der Waals surface area contributed by atoms with Crippen LogP contribution in [0.1, 0.15) is 44.1 Å². The summed E-state index contributed by atoms with van der Waals surface area (Å²) >= 11 is 1.37. The molecule has 0 aliphatic heterocycles. The Morgan fingerprint density at radius 3 is 2.36 bits per heavy atom. The Kier molecular flexibility index (Phi) is 6.51. The van der Waals surface area contributed by atoms with Gasteiger partial charge in [0.15, 0.2) is 0 Å². The summed E-state index contributed by atoms with van der Waals surface area (Å²) in [6.45, 7) is 0.804. The van der Waals surface area contributed by atoms with Gasteiger partial charge in [-0.2, -0.15) is 13.2 Å². The largest absolute Gasteiger partial charge is 0.405 e. The summed E-state index contributed by atoms with van der Waals surface area (Å²) < 4.78 is 36.9. The summed E-state index contributed by atoms with van der Waals surface area (Å²) in [7, 11) is 0. The minimum absolute atomic E-state index is 0.0818. The van der Waals surface area contributed by atoms with Crippen molar-refractivity contribution in [1.29, 1.82) is 0 Å². The van der Waals surface area contributed by atoms with Gasteiger partial charge in [-0.1, -0.05) is 42.5 Å². The van der Waals surface area contributed by atoms with E-state index in [4.69, 9.17) is 0 Å². The first kappa shape index (κ1) is 23.0. The summed E-state index contributed by atoms with van der Waals surface area (Å²) in [5.74, 6) is -0.871. The Balaban J connectivity index is 1.47. The molecule has 0 spiro atoms. The minimum atomic E-state index is -4.46. The van der Waals surface area contributed by atoms with E-state index in [0.717, 1.165) is 29.0 Å². The number of hydrogen-bond donors (Lipinski definition) is 1. The summed E-state index contributed by atoms with van der Waals surface area (Å²) in [6, 6.07) is 16.1. The lowest BCUT2D eigenvalue weighted by Crippen LogP contribution is -2.34. The van der Waals surface area contributed by atoms with Crippen molar-refractivity contribution in [2.24, 2.45) is 0 Å². The topological polar surface area (TPSA) is 62.3 Å². The number of nitrogens with zero attached hydrogens (tertiary/aromatic N) is 2. The van der Waals surface area contributed by atoms with Crippen LogP contribution in [0.3, 0.4) is 0 Å². The quantitative estimate of drug-likeness (QED) is 0.512. The van der Waals surface area contributed by atoms with Crippen molar-refractivity contribution in [3.05, 3.63) is 76.3 Å². The molecule has 33 heavy (non-hydrogen) atoms. The zero-order chi connectivity index (χ0) is 23.6. The third-order valence-electron chi connectivity index (χ3n) is 5.28. The molecule has 1 aliphatic rings. The van der Waals surface area contributed by atoms with Gasteiger partial charge >= 0.3 is 6.18 Å². The van der Waals surface area contributed by atoms with Crippen molar-refractivity contribution in [1.82, 2.24) is 15.2 Å². The molecule has 0 bridgehead atoms. The van der Waals surface area contributed by atoms with Gasteiger partial charge in [-0.15, -0.1) is 11.3 Å². The summed E-state index contributed by atoms with van der Waals surface area (Å²) in [6.07, 6.45) is -2.62. The highest BCUT2D eigenvalue weighted by Gasteiger charge is 2.35. The molecule has 2 amide bonds. The molecule has 1 aromatic heterocycles. The van der Waals surface area contributed by atoms with E-state index in [1.54, 1.807) is 12.1 Å². The van der Waals surface area contributed by atoms with Gasteiger partial charge in [0.2, 0.25) is 0 Å². The fraction of sp³-hybridized carbons (Fsp3) is 0.292. The second kappa shape index (κ2) is 9.35. The average molecular weight is 474 g/mol. The number of aryl methyl sites for hydroxylation is 1. The summed E-state index contributed by atoms with van der Waals surface area (Å²) in [5, 5.41) is 2.65. The van der Waals surface area contributed by atoms with Gasteiger partial charge in [0, 0.05) is 23.7 Å². The van der Waals surface area contributed by atoms with Gasteiger partial charge in [-0.3, -0.25) is 9.59 Å². The first-order valence-electron chi connectivity index (χ1n) is 10.5. The normalized spacial score (nSPS) is 13.6. The second-order valence-corrected chi connectivity index (χ2v) is 8.96. The predicted molar refractivity (Wildman–Crippen MR) is 120 cm³/mol. The SMILES string of the molecule is Cc1nc(-c2ccccc2)sc1C(=O)N(Cc1ccc(C(=O)NCC(F)(F)F)cc1)C1CC1. The number of thiazole rings is 1. The van der Waals surface area contributed by atoms with Crippen LogP contribution in [0.5, 0.6) is 0 Å². The summed E-state index contributed by atoms with van der Waals surface area (Å²) in [4.78, 5) is 32.3. The molecule has 9 heteroatoms. The molecule has 1 fully saturated rings. The molecule has 0 saturated heterocycles. The maximum atomic E-state index is 13.4. The van der Waals surface area contributed by atoms with E-state index in [0.29, 0.717) is 17.1 Å². The predicted octanol–water partition coefficient (Wildman–Crippen LogP) is 5.22. The Morgan fingerprint density at radius 1 is 1.09 bits per heavy atom. The Morgan fingerprint density at radius 2 is 1.76 bits per heavy atom. The van der Waals surface area contributed by atoms with Gasteiger partial charge in [0.05, 0.1) is 5.69 Å². The zero-order valence-electron chi connectivity index (χ0n) is 17.9. The van der Waals surface area contributed by atoms with E-state index < -0.39 is 18.6 Å². The highest BCUT2D eigenvalue weighted by Crippen LogP contribution is 2.34. The fourth-order valence-corrected chi connectivity index (χ4v) is 4.45. The van der Waals surface area contributed by atoms with E-state index in [2.05, 4.69) is 4.98 Å². The molecule has 0 atom stereocenters. The van der Waals surface area contributed by atoms with Crippen LogP contribution in [-0.2, 0) is 6.54 Å². The molecule has 4 rings (SSSR count). The van der Waals surface area contributed by atoms with Gasteiger partial charge < -0.3 is 10.2 Å². The average Bonchev–Trinajstić information content (AvgIpc) is 3.57. The number of nitrogens with one attached hydrogen (secondary N) is 1. The number of carbonyl (C=O) groups is 2. The molecule has 5 nitrogen and oxygen atoms in total. The molecule has 172 valence electrons. The summed E-state index contributed by atoms with van der Waals surface area (Å²) in [5.41, 5.74) is 2.58. The highest BCUT2D eigenvalue weighted by molar-refractivity contribution is 7.17. The van der Waals surface area contributed by atoms with Crippen LogP contribution >= 0.6 is 11.3 Å². The standard InChI is InChI=1S/C24H22F3N3O2S/c1-15-20(33-22(29-15)18-5-3-2-4-6-18)23(32)30(19-11-12-19)13-16-7-9-17(10-8-16)21(31)28-14-24(25,26)27/h2-10,19H,11-14H2,1H3,(H,28,31). The number of alkyl halides is 3. The van der Waals surface area contributed by atoms with E-state index in [9.17, 15) is 22.8 Å². The smallest absolute Gasteiger partial charge is 0.343 e. The maximum Gasteiger partial charge on any atom is 0.405 e. The number of rotatable bonds is 7. The molecule has 0 unspecified atom stereocenters. The van der Waals surface area contributed by atoms with Crippen LogP contribution in [0, 0.1) is 6.92 Å². The molecule has 2 aromatic carbocycles. The van der Waals surface area contributed by atoms with Crippen LogP contribution < -0.4 is 5.32 Å². The van der Waals surface area contributed by atoms with Crippen molar-refractivity contribution in [3.63, 3.8) is 0 Å². The van der Waals surface area contributed by atoms with Crippen LogP contribution in [0.25, 0.3) is 10.6 Å². The lowest BCUT2D eigenvalue weighted by atomic mass is 10.1. The highest BCUT2D eigenvalue weighted by atomic mass is 32.1. The van der Waals surface area contributed by atoms with E-state index in [1.165, 1.54) is 23.5 Å². The number of carbonyl (C=O) groups excluding carboxylic acids is 2. The molecule has 1 saturated carbocycles. The molecule has 1 N–H and O–H groups in total. The van der Waals surface area contributed by atoms with Gasteiger partial charge in [0.1, 0.15) is 16.4 Å². The third kappa shape index (κ3) is 5.78. The Labute approximate surface area is 193 Å². The van der Waals surface area contributed by atoms with Crippen molar-refractivity contribution < 1.29 is 22.8 Å². The number of hydrogen-bond acceptors (Lipinski definition) is 4. The lowest BCUT2D eigenvalue weighted by Gasteiger charge is -2.22. The number of amides is 2. The number of halogens is 3. The van der Waals surface area contributed by atoms with Crippen molar-refractivity contribution in [2.45, 2.75) is 38.5 Å². The maximum absolute atomic E-state index is 13.4. The zero-order valence-corrected chi connectivity index (χ0v) is 18.7. The molecular formula is C24H22F3N3O2S. The van der Waals surface area contributed by atoms with Crippen LogP contribution in [0.15, 0.2) is 54.6 Å². The van der Waals surface area contributed by atoms with Gasteiger partial charge in [-0.05, 0) is 37.5 Å². The van der Waals surface area contributed by atoms with E-state index >= 15 is 0 Å². The van der Waals surface area contributed by atoms with Crippen LogP contribution in [0.4, 0.5) is 13.2 Å². The number of benzene rings is 2. The molecule has 1 heterocycles. The van der Waals surface area contributed by atoms with Crippen LogP contribution in [0.2, 0.25) is 0 Å². The van der Waals surface area contributed by atoms with E-state index in [1.807, 2.05) is 47.5 Å². The first-order valence-corrected chi connectivity index (χ1v) is 11.3. The van der Waals surface area contributed by atoms with Crippen molar-refractivity contribution in [3.8, 4) is 10.6 Å². The van der Waals surface area contributed by atoms with E-state index in [-0.39, 0.29) is 17.5 Å².